The predicted molar refractivity (Wildman–Crippen MR) is 144 cm³/mol. The van der Waals surface area contributed by atoms with E-state index >= 15 is 0 Å². The minimum Gasteiger partial charge on any atom is -0.488 e. The van der Waals surface area contributed by atoms with Crippen molar-refractivity contribution < 1.29 is 29.3 Å². The third-order valence-electron chi connectivity index (χ3n) is 6.79. The summed E-state index contributed by atoms with van der Waals surface area (Å²) in [6.45, 7) is 4.96. The van der Waals surface area contributed by atoms with E-state index in [0.29, 0.717) is 31.1 Å². The molecule has 40 heavy (non-hydrogen) atoms. The average Bonchev–Trinajstić information content (AvgIpc) is 3.43. The molecule has 0 saturated heterocycles. The molecule has 4 rings (SSSR count). The summed E-state index contributed by atoms with van der Waals surface area (Å²) in [5.74, 6) is -1.32. The van der Waals surface area contributed by atoms with Gasteiger partial charge >= 0.3 is 5.97 Å². The third kappa shape index (κ3) is 6.98. The highest BCUT2D eigenvalue weighted by Crippen LogP contribution is 2.31. The lowest BCUT2D eigenvalue weighted by atomic mass is 9.99. The van der Waals surface area contributed by atoms with E-state index in [2.05, 4.69) is 25.7 Å². The molecule has 2 amide bonds. The molecule has 1 aliphatic rings. The van der Waals surface area contributed by atoms with Crippen molar-refractivity contribution in [3.8, 4) is 5.75 Å². The van der Waals surface area contributed by atoms with Crippen LogP contribution in [0, 0.1) is 5.92 Å². The molecule has 0 bridgehead atoms. The SMILES string of the molecule is C[C@@H]1CN([C@H](C)CO)C(=O)c2cc(NC(=O)Cn3cnnn3)ccc2O[C@H]1CN(C)Cc1ccc(C(=O)O)cc1. The molecule has 0 aliphatic carbocycles. The fraction of sp³-hybridized carbons (Fsp3) is 0.407. The van der Waals surface area contributed by atoms with Crippen LogP contribution in [0.25, 0.3) is 0 Å². The molecule has 0 unspecified atom stereocenters. The summed E-state index contributed by atoms with van der Waals surface area (Å²) in [4.78, 5) is 40.9. The maximum atomic E-state index is 13.6. The summed E-state index contributed by atoms with van der Waals surface area (Å²) in [6.07, 6.45) is 1.03. The van der Waals surface area contributed by atoms with E-state index in [9.17, 15) is 19.5 Å². The number of anilines is 1. The first-order chi connectivity index (χ1) is 19.1. The number of hydrogen-bond acceptors (Lipinski definition) is 9. The highest BCUT2D eigenvalue weighted by molar-refractivity contribution is 5.99. The Morgan fingerprint density at radius 2 is 1.98 bits per heavy atom. The summed E-state index contributed by atoms with van der Waals surface area (Å²) < 4.78 is 7.70. The Balaban J connectivity index is 1.54. The van der Waals surface area contributed by atoms with Crippen molar-refractivity contribution in [2.75, 3.05) is 32.1 Å². The number of aromatic carboxylic acids is 1. The number of tetrazole rings is 1. The summed E-state index contributed by atoms with van der Waals surface area (Å²) >= 11 is 0. The van der Waals surface area contributed by atoms with Gasteiger partial charge in [0.1, 0.15) is 24.7 Å². The first-order valence-electron chi connectivity index (χ1n) is 12.9. The molecule has 1 aromatic heterocycles. The molecule has 2 aromatic carbocycles. The van der Waals surface area contributed by atoms with Crippen LogP contribution in [0.2, 0.25) is 0 Å². The quantitative estimate of drug-likeness (QED) is 0.335. The second kappa shape index (κ2) is 12.7. The van der Waals surface area contributed by atoms with Gasteiger partial charge in [0, 0.05) is 31.2 Å². The number of ether oxygens (including phenoxy) is 1. The van der Waals surface area contributed by atoms with E-state index < -0.39 is 12.0 Å². The summed E-state index contributed by atoms with van der Waals surface area (Å²) in [5.41, 5.74) is 1.88. The van der Waals surface area contributed by atoms with Crippen molar-refractivity contribution in [3.63, 3.8) is 0 Å². The van der Waals surface area contributed by atoms with E-state index in [4.69, 9.17) is 9.84 Å². The molecule has 0 fully saturated rings. The predicted octanol–water partition coefficient (Wildman–Crippen LogP) is 1.36. The molecule has 3 atom stereocenters. The van der Waals surface area contributed by atoms with Crippen LogP contribution in [0.1, 0.15) is 40.1 Å². The molecule has 0 saturated carbocycles. The van der Waals surface area contributed by atoms with E-state index in [-0.39, 0.29) is 48.1 Å². The highest BCUT2D eigenvalue weighted by atomic mass is 16.5. The zero-order valence-electron chi connectivity index (χ0n) is 22.6. The van der Waals surface area contributed by atoms with Crippen LogP contribution in [0.4, 0.5) is 5.69 Å². The van der Waals surface area contributed by atoms with Crippen LogP contribution >= 0.6 is 0 Å². The van der Waals surface area contributed by atoms with Crippen LogP contribution < -0.4 is 10.1 Å². The van der Waals surface area contributed by atoms with Gasteiger partial charge in [-0.15, -0.1) is 5.10 Å². The molecule has 1 aliphatic heterocycles. The Labute approximate surface area is 231 Å². The van der Waals surface area contributed by atoms with Crippen molar-refractivity contribution >= 4 is 23.5 Å². The fourth-order valence-corrected chi connectivity index (χ4v) is 4.55. The van der Waals surface area contributed by atoms with Gasteiger partial charge in [-0.1, -0.05) is 19.1 Å². The van der Waals surface area contributed by atoms with Crippen molar-refractivity contribution in [2.24, 2.45) is 5.92 Å². The number of carboxylic acid groups (broad SMARTS) is 1. The van der Waals surface area contributed by atoms with Crippen LogP contribution in [-0.4, -0.2) is 96.9 Å². The third-order valence-corrected chi connectivity index (χ3v) is 6.79. The molecular formula is C27H33N7O6. The van der Waals surface area contributed by atoms with Gasteiger partial charge in [-0.3, -0.25) is 14.5 Å². The Morgan fingerprint density at radius 3 is 2.62 bits per heavy atom. The number of aliphatic hydroxyl groups is 1. The molecule has 13 heteroatoms. The monoisotopic (exact) mass is 551 g/mol. The van der Waals surface area contributed by atoms with Crippen LogP contribution in [0.3, 0.4) is 0 Å². The van der Waals surface area contributed by atoms with Gasteiger partial charge < -0.3 is 25.2 Å². The van der Waals surface area contributed by atoms with Crippen LogP contribution in [0.15, 0.2) is 48.8 Å². The maximum Gasteiger partial charge on any atom is 0.335 e. The fourth-order valence-electron chi connectivity index (χ4n) is 4.55. The van der Waals surface area contributed by atoms with Gasteiger partial charge in [-0.25, -0.2) is 9.48 Å². The van der Waals surface area contributed by atoms with E-state index in [0.717, 1.165) is 5.56 Å². The summed E-state index contributed by atoms with van der Waals surface area (Å²) in [7, 11) is 1.95. The summed E-state index contributed by atoms with van der Waals surface area (Å²) in [5, 5.41) is 32.5. The average molecular weight is 552 g/mol. The molecule has 2 heterocycles. The number of benzene rings is 2. The van der Waals surface area contributed by atoms with Crippen LogP contribution in [0.5, 0.6) is 5.75 Å². The lowest BCUT2D eigenvalue weighted by Crippen LogP contribution is -2.49. The lowest BCUT2D eigenvalue weighted by Gasteiger charge is -2.38. The van der Waals surface area contributed by atoms with Gasteiger partial charge in [0.15, 0.2) is 0 Å². The standard InChI is InChI=1S/C27H33N7O6/c1-17-11-34(18(2)15-35)26(37)22-10-21(29-25(36)14-33-16-28-30-31-33)8-9-23(22)40-24(17)13-32(3)12-19-4-6-20(7-5-19)27(38)39/h4-10,16-18,24,35H,11-15H2,1-3H3,(H,29,36)(H,38,39)/t17-,18-,24+/m1/s1. The number of hydrogen-bond donors (Lipinski definition) is 3. The zero-order valence-corrected chi connectivity index (χ0v) is 22.6. The molecule has 0 radical (unpaired) electrons. The number of fused-ring (bicyclic) bond motifs is 1. The number of nitrogens with one attached hydrogen (secondary N) is 1. The summed E-state index contributed by atoms with van der Waals surface area (Å²) in [6, 6.07) is 11.2. The van der Waals surface area contributed by atoms with Gasteiger partial charge in [0.25, 0.3) is 5.91 Å². The molecule has 3 aromatic rings. The van der Waals surface area contributed by atoms with E-state index in [1.807, 2.05) is 14.0 Å². The molecule has 0 spiro atoms. The highest BCUT2D eigenvalue weighted by Gasteiger charge is 2.33. The number of carboxylic acids is 1. The number of amides is 2. The van der Waals surface area contributed by atoms with Gasteiger partial charge in [-0.2, -0.15) is 0 Å². The van der Waals surface area contributed by atoms with Crippen molar-refractivity contribution in [1.29, 1.82) is 0 Å². The van der Waals surface area contributed by atoms with Crippen LogP contribution in [-0.2, 0) is 17.9 Å². The smallest absolute Gasteiger partial charge is 0.335 e. The number of carbonyl (C=O) groups excluding carboxylic acids is 2. The Kier molecular flexibility index (Phi) is 9.07. The molecule has 3 N–H and O–H groups in total. The van der Waals surface area contributed by atoms with Crippen molar-refractivity contribution in [1.82, 2.24) is 30.0 Å². The number of carbonyl (C=O) groups is 3. The minimum absolute atomic E-state index is 0.0707. The number of aliphatic hydroxyl groups excluding tert-OH is 1. The van der Waals surface area contributed by atoms with Crippen molar-refractivity contribution in [3.05, 3.63) is 65.5 Å². The van der Waals surface area contributed by atoms with E-state index in [1.54, 1.807) is 54.3 Å². The second-order valence-corrected chi connectivity index (χ2v) is 10.1. The van der Waals surface area contributed by atoms with Gasteiger partial charge in [0.2, 0.25) is 5.91 Å². The van der Waals surface area contributed by atoms with E-state index in [1.165, 1.54) is 11.0 Å². The largest absolute Gasteiger partial charge is 0.488 e. The van der Waals surface area contributed by atoms with Crippen molar-refractivity contribution in [2.45, 2.75) is 39.1 Å². The molecule has 212 valence electrons. The second-order valence-electron chi connectivity index (χ2n) is 10.1. The minimum atomic E-state index is -0.971. The maximum absolute atomic E-state index is 13.6. The topological polar surface area (TPSA) is 163 Å². The zero-order chi connectivity index (χ0) is 28.8. The molecule has 13 nitrogen and oxygen atoms in total. The number of rotatable bonds is 10. The first-order valence-corrected chi connectivity index (χ1v) is 12.9. The Bertz CT molecular complexity index is 1330. The lowest BCUT2D eigenvalue weighted by molar-refractivity contribution is -0.116. The van der Waals surface area contributed by atoms with Gasteiger partial charge in [-0.05, 0) is 60.3 Å². The Morgan fingerprint density at radius 1 is 1.23 bits per heavy atom. The van der Waals surface area contributed by atoms with Gasteiger partial charge in [0.05, 0.1) is 23.8 Å². The number of likely N-dealkylation sites (N-methyl/N-ethyl adjacent to an activating group) is 1. The Hall–Kier alpha value is -4.36. The number of nitrogens with zero attached hydrogens (tertiary/aromatic N) is 6. The first kappa shape index (κ1) is 28.6. The number of aromatic nitrogens is 4. The molecular weight excluding hydrogens is 518 g/mol. The normalized spacial score (nSPS) is 17.9.